The highest BCUT2D eigenvalue weighted by Gasteiger charge is 2.44. The number of carbonyl (C=O) groups is 1. The van der Waals surface area contributed by atoms with Gasteiger partial charge in [0.05, 0.1) is 23.6 Å². The minimum atomic E-state index is -4.04. The largest absolute Gasteiger partial charge is 0.490 e. The Morgan fingerprint density at radius 3 is 2.83 bits per heavy atom. The number of nitrogens with one attached hydrogen (secondary N) is 1. The molecular formula is C36H41ClN2O5S2. The molecule has 3 aromatic rings. The molecule has 2 N–H and O–H groups in total. The number of ether oxygens (including phenoxy) is 1. The van der Waals surface area contributed by atoms with E-state index in [1.54, 1.807) is 18.2 Å². The summed E-state index contributed by atoms with van der Waals surface area (Å²) in [7, 11) is -4.04. The van der Waals surface area contributed by atoms with Crippen LogP contribution in [0.5, 0.6) is 5.75 Å². The molecule has 2 aliphatic heterocycles. The first-order valence-corrected chi connectivity index (χ1v) is 19.2. The van der Waals surface area contributed by atoms with Crippen molar-refractivity contribution >= 4 is 44.6 Å². The maximum atomic E-state index is 13.9. The van der Waals surface area contributed by atoms with E-state index in [0.717, 1.165) is 47.7 Å². The molecule has 4 aliphatic rings. The van der Waals surface area contributed by atoms with Crippen LogP contribution >= 0.6 is 22.9 Å². The summed E-state index contributed by atoms with van der Waals surface area (Å²) >= 11 is 7.92. The van der Waals surface area contributed by atoms with Gasteiger partial charge in [0.2, 0.25) is 10.0 Å². The standard InChI is InChI=1S/C36H41ClN2O5S2/c1-23-5-2-8-32(40)29-12-9-26(29)20-39-21-36(15-3-6-24-17-27(37)11-13-30(24)36)22-44-33-14-10-25(18-31(33)39)35(41)38-46(42,43)34(23)19-28-7-4-16-45-28/h2,4,7-8,10-11,13-14,16-18,23,26,29,32,34,40H,3,5-6,9,12,15,19-22H2,1H3,(H,38,41)/b8-2+. The summed E-state index contributed by atoms with van der Waals surface area (Å²) in [6.45, 7) is 3.79. The Labute approximate surface area is 280 Å². The van der Waals surface area contributed by atoms with Crippen LogP contribution in [0.2, 0.25) is 5.02 Å². The first-order valence-electron chi connectivity index (χ1n) is 16.4. The minimum absolute atomic E-state index is 0.109. The number of sulfonamides is 1. The molecule has 2 aliphatic carbocycles. The highest BCUT2D eigenvalue weighted by atomic mass is 35.5. The van der Waals surface area contributed by atoms with Gasteiger partial charge in [-0.3, -0.25) is 4.79 Å². The van der Waals surface area contributed by atoms with Gasteiger partial charge in [-0.25, -0.2) is 13.1 Å². The zero-order valence-corrected chi connectivity index (χ0v) is 28.4. The van der Waals surface area contributed by atoms with E-state index in [9.17, 15) is 18.3 Å². The van der Waals surface area contributed by atoms with Crippen LogP contribution in [0.25, 0.3) is 0 Å². The van der Waals surface area contributed by atoms with Crippen LogP contribution in [0.4, 0.5) is 5.69 Å². The van der Waals surface area contributed by atoms with Gasteiger partial charge in [0.1, 0.15) is 5.75 Å². The van der Waals surface area contributed by atoms with Gasteiger partial charge >= 0.3 is 0 Å². The third kappa shape index (κ3) is 6.12. The van der Waals surface area contributed by atoms with Gasteiger partial charge in [-0.1, -0.05) is 42.8 Å². The van der Waals surface area contributed by atoms with Crippen molar-refractivity contribution in [3.8, 4) is 5.75 Å². The number of fused-ring (bicyclic) bond motifs is 4. The molecule has 244 valence electrons. The zero-order valence-electron chi connectivity index (χ0n) is 26.0. The molecule has 46 heavy (non-hydrogen) atoms. The number of hydrogen-bond acceptors (Lipinski definition) is 7. The third-order valence-corrected chi connectivity index (χ3v) is 13.8. The van der Waals surface area contributed by atoms with Gasteiger partial charge in [-0.15, -0.1) is 11.3 Å². The van der Waals surface area contributed by atoms with Crippen molar-refractivity contribution in [3.05, 3.63) is 92.7 Å². The van der Waals surface area contributed by atoms with Crippen molar-refractivity contribution in [1.29, 1.82) is 0 Å². The van der Waals surface area contributed by atoms with E-state index in [2.05, 4.69) is 21.8 Å². The summed E-state index contributed by atoms with van der Waals surface area (Å²) in [5, 5.41) is 13.2. The molecule has 1 saturated carbocycles. The Kier molecular flexibility index (Phi) is 8.72. The summed E-state index contributed by atoms with van der Waals surface area (Å²) in [6.07, 6.45) is 8.86. The number of halogens is 1. The van der Waals surface area contributed by atoms with Crippen LogP contribution in [0.3, 0.4) is 0 Å². The normalized spacial score (nSPS) is 31.4. The van der Waals surface area contributed by atoms with E-state index in [0.29, 0.717) is 38.3 Å². The molecule has 6 atom stereocenters. The van der Waals surface area contributed by atoms with E-state index in [1.807, 2.05) is 42.7 Å². The molecule has 1 fully saturated rings. The van der Waals surface area contributed by atoms with Gasteiger partial charge in [0.25, 0.3) is 5.91 Å². The minimum Gasteiger partial charge on any atom is -0.490 e. The molecule has 10 heteroatoms. The Balaban J connectivity index is 1.28. The lowest BCUT2D eigenvalue weighted by Crippen LogP contribution is -2.49. The molecule has 7 rings (SSSR count). The van der Waals surface area contributed by atoms with Crippen molar-refractivity contribution in [3.63, 3.8) is 0 Å². The maximum Gasteiger partial charge on any atom is 0.264 e. The number of carbonyl (C=O) groups excluding carboxylic acids is 1. The van der Waals surface area contributed by atoms with Gasteiger partial charge < -0.3 is 14.7 Å². The van der Waals surface area contributed by atoms with E-state index in [1.165, 1.54) is 22.5 Å². The highest BCUT2D eigenvalue weighted by molar-refractivity contribution is 7.90. The lowest BCUT2D eigenvalue weighted by atomic mass is 9.68. The summed E-state index contributed by atoms with van der Waals surface area (Å²) in [4.78, 5) is 17.0. The average molecular weight is 681 g/mol. The smallest absolute Gasteiger partial charge is 0.264 e. The fraction of sp³-hybridized carbons (Fsp3) is 0.472. The van der Waals surface area contributed by atoms with Crippen molar-refractivity contribution < 1.29 is 23.1 Å². The van der Waals surface area contributed by atoms with Crippen molar-refractivity contribution in [1.82, 2.24) is 4.72 Å². The van der Waals surface area contributed by atoms with Gasteiger partial charge in [0, 0.05) is 40.4 Å². The summed E-state index contributed by atoms with van der Waals surface area (Å²) in [5.74, 6) is 0.144. The number of allylic oxidation sites excluding steroid dienone is 1. The van der Waals surface area contributed by atoms with Crippen molar-refractivity contribution in [2.75, 3.05) is 24.6 Å². The SMILES string of the molecule is CC1C/C=C/C(O)C2CCC2CN2CC3(CCCc4cc(Cl)ccc43)COc3ccc(cc32)C(=O)NS(=O)(=O)C1Cc1cccs1. The summed E-state index contributed by atoms with van der Waals surface area (Å²) < 4.78 is 36.7. The molecule has 1 amide bonds. The maximum absolute atomic E-state index is 13.9. The van der Waals surface area contributed by atoms with E-state index in [-0.39, 0.29) is 28.7 Å². The van der Waals surface area contributed by atoms with Gasteiger partial charge in [0.15, 0.2) is 0 Å². The number of anilines is 1. The quantitative estimate of drug-likeness (QED) is 0.299. The first kappa shape index (κ1) is 31.7. The highest BCUT2D eigenvalue weighted by Crippen LogP contribution is 2.47. The second-order valence-corrected chi connectivity index (χ2v) is 17.1. The number of aryl methyl sites for hydroxylation is 1. The topological polar surface area (TPSA) is 95.9 Å². The van der Waals surface area contributed by atoms with Gasteiger partial charge in [-0.2, -0.15) is 0 Å². The molecule has 1 aromatic heterocycles. The monoisotopic (exact) mass is 680 g/mol. The number of aliphatic hydroxyl groups excluding tert-OH is 1. The molecular weight excluding hydrogens is 640 g/mol. The first-order chi connectivity index (χ1) is 22.1. The van der Waals surface area contributed by atoms with E-state index in [4.69, 9.17) is 16.3 Å². The number of nitrogens with zero attached hydrogens (tertiary/aromatic N) is 1. The van der Waals surface area contributed by atoms with Crippen LogP contribution in [-0.4, -0.2) is 50.5 Å². The number of thiophene rings is 1. The zero-order chi connectivity index (χ0) is 32.1. The molecule has 1 spiro atoms. The van der Waals surface area contributed by atoms with Crippen LogP contribution < -0.4 is 14.4 Å². The van der Waals surface area contributed by atoms with Crippen molar-refractivity contribution in [2.45, 2.75) is 68.6 Å². The summed E-state index contributed by atoms with van der Waals surface area (Å²) in [5.41, 5.74) is 3.30. The Bertz CT molecular complexity index is 1740. The second-order valence-electron chi connectivity index (χ2n) is 13.7. The molecule has 0 radical (unpaired) electrons. The van der Waals surface area contributed by atoms with E-state index < -0.39 is 27.3 Å². The van der Waals surface area contributed by atoms with E-state index >= 15 is 0 Å². The fourth-order valence-electron chi connectivity index (χ4n) is 8.04. The molecule has 2 bridgehead atoms. The van der Waals surface area contributed by atoms with Crippen molar-refractivity contribution in [2.24, 2.45) is 17.8 Å². The number of aliphatic hydroxyl groups is 1. The lowest BCUT2D eigenvalue weighted by Gasteiger charge is -2.45. The van der Waals surface area contributed by atoms with Crippen LogP contribution in [-0.2, 0) is 28.3 Å². The predicted octanol–water partition coefficient (Wildman–Crippen LogP) is 6.53. The Hall–Kier alpha value is -2.85. The molecule has 3 heterocycles. The number of amides is 1. The fourth-order valence-corrected chi connectivity index (χ4v) is 10.8. The molecule has 0 saturated heterocycles. The molecule has 6 unspecified atom stereocenters. The second kappa shape index (κ2) is 12.6. The lowest BCUT2D eigenvalue weighted by molar-refractivity contribution is 0.0456. The van der Waals surface area contributed by atoms with Crippen LogP contribution in [0.15, 0.2) is 66.1 Å². The number of rotatable bonds is 2. The molecule has 7 nitrogen and oxygen atoms in total. The molecule has 2 aromatic carbocycles. The Morgan fingerprint density at radius 2 is 2.04 bits per heavy atom. The number of hydrogen-bond donors (Lipinski definition) is 2. The summed E-state index contributed by atoms with van der Waals surface area (Å²) in [6, 6.07) is 15.3. The number of benzene rings is 2. The third-order valence-electron chi connectivity index (χ3n) is 10.8. The van der Waals surface area contributed by atoms with Gasteiger partial charge in [-0.05, 0) is 109 Å². The predicted molar refractivity (Wildman–Crippen MR) is 184 cm³/mol. The van der Waals surface area contributed by atoms with Crippen LogP contribution in [0.1, 0.15) is 65.4 Å². The Morgan fingerprint density at radius 1 is 1.17 bits per heavy atom. The average Bonchev–Trinajstić information content (AvgIpc) is 3.47. The van der Waals surface area contributed by atoms with Crippen LogP contribution in [0, 0.1) is 17.8 Å².